The Morgan fingerprint density at radius 2 is 2.21 bits per heavy atom. The fraction of sp³-hybridized carbons (Fsp3) is 0.533. The Kier molecular flexibility index (Phi) is 3.90. The van der Waals surface area contributed by atoms with Crippen molar-refractivity contribution in [3.8, 4) is 0 Å². The maximum atomic E-state index is 13.9. The molecule has 0 radical (unpaired) electrons. The standard InChI is InChI=1S/C15H20FNO2/c1-3-15(14(18)19)9-6-10-17(15)11(2)12-7-4-5-8-13(12)16/h4-5,7-8,11H,3,6,9-10H2,1-2H3,(H,18,19). The fourth-order valence-electron chi connectivity index (χ4n) is 3.21. The number of carbonyl (C=O) groups is 1. The van der Waals surface area contributed by atoms with Gasteiger partial charge >= 0.3 is 5.97 Å². The molecule has 1 saturated heterocycles. The van der Waals surface area contributed by atoms with Gasteiger partial charge in [0.2, 0.25) is 0 Å². The molecule has 0 spiro atoms. The molecule has 2 atom stereocenters. The van der Waals surface area contributed by atoms with Crippen molar-refractivity contribution in [1.29, 1.82) is 0 Å². The minimum Gasteiger partial charge on any atom is -0.480 e. The Hall–Kier alpha value is -1.42. The van der Waals surface area contributed by atoms with E-state index in [2.05, 4.69) is 0 Å². The highest BCUT2D eigenvalue weighted by Gasteiger charge is 2.48. The average molecular weight is 265 g/mol. The van der Waals surface area contributed by atoms with Gasteiger partial charge in [-0.05, 0) is 38.8 Å². The second-order valence-corrected chi connectivity index (χ2v) is 5.18. The minimum atomic E-state index is -0.846. The predicted molar refractivity (Wildman–Crippen MR) is 71.4 cm³/mol. The van der Waals surface area contributed by atoms with Crippen molar-refractivity contribution < 1.29 is 14.3 Å². The van der Waals surface area contributed by atoms with Crippen LogP contribution in [-0.4, -0.2) is 28.1 Å². The van der Waals surface area contributed by atoms with E-state index in [9.17, 15) is 14.3 Å². The lowest BCUT2D eigenvalue weighted by atomic mass is 9.91. The van der Waals surface area contributed by atoms with E-state index in [-0.39, 0.29) is 11.9 Å². The molecule has 1 aliphatic heterocycles. The summed E-state index contributed by atoms with van der Waals surface area (Å²) in [5.74, 6) is -1.06. The first kappa shape index (κ1) is 14.0. The molecule has 0 saturated carbocycles. The number of halogens is 1. The van der Waals surface area contributed by atoms with Crippen LogP contribution >= 0.6 is 0 Å². The third-order valence-corrected chi connectivity index (χ3v) is 4.34. The molecule has 0 amide bonds. The maximum absolute atomic E-state index is 13.9. The lowest BCUT2D eigenvalue weighted by Gasteiger charge is -2.38. The van der Waals surface area contributed by atoms with Crippen LogP contribution in [0.3, 0.4) is 0 Å². The minimum absolute atomic E-state index is 0.222. The summed E-state index contributed by atoms with van der Waals surface area (Å²) in [7, 11) is 0. The molecule has 1 heterocycles. The zero-order valence-electron chi connectivity index (χ0n) is 11.4. The van der Waals surface area contributed by atoms with E-state index in [0.29, 0.717) is 24.9 Å². The Bertz CT molecular complexity index is 477. The third kappa shape index (κ3) is 2.25. The summed E-state index contributed by atoms with van der Waals surface area (Å²) in [6, 6.07) is 6.38. The Morgan fingerprint density at radius 3 is 2.79 bits per heavy atom. The fourth-order valence-corrected chi connectivity index (χ4v) is 3.21. The lowest BCUT2D eigenvalue weighted by Crippen LogP contribution is -2.51. The van der Waals surface area contributed by atoms with Crippen molar-refractivity contribution in [2.45, 2.75) is 44.7 Å². The van der Waals surface area contributed by atoms with Crippen LogP contribution in [0.5, 0.6) is 0 Å². The van der Waals surface area contributed by atoms with Crippen LogP contribution in [0.25, 0.3) is 0 Å². The second kappa shape index (κ2) is 5.29. The van der Waals surface area contributed by atoms with E-state index in [1.807, 2.05) is 18.7 Å². The largest absolute Gasteiger partial charge is 0.480 e. The van der Waals surface area contributed by atoms with Crippen molar-refractivity contribution in [2.75, 3.05) is 6.54 Å². The Morgan fingerprint density at radius 1 is 1.53 bits per heavy atom. The van der Waals surface area contributed by atoms with Crippen LogP contribution in [0.1, 0.15) is 44.7 Å². The number of aliphatic carboxylic acids is 1. The van der Waals surface area contributed by atoms with Gasteiger partial charge in [0.05, 0.1) is 0 Å². The van der Waals surface area contributed by atoms with E-state index < -0.39 is 11.5 Å². The molecule has 1 aromatic rings. The van der Waals surface area contributed by atoms with E-state index in [1.165, 1.54) is 6.07 Å². The number of nitrogens with zero attached hydrogens (tertiary/aromatic N) is 1. The van der Waals surface area contributed by atoms with Gasteiger partial charge in [0.1, 0.15) is 11.4 Å². The number of hydrogen-bond acceptors (Lipinski definition) is 2. The van der Waals surface area contributed by atoms with Crippen molar-refractivity contribution in [3.63, 3.8) is 0 Å². The summed E-state index contributed by atoms with van der Waals surface area (Å²) >= 11 is 0. The SMILES string of the molecule is CCC1(C(=O)O)CCCN1C(C)c1ccccc1F. The quantitative estimate of drug-likeness (QED) is 0.908. The highest BCUT2D eigenvalue weighted by atomic mass is 19.1. The predicted octanol–water partition coefficient (Wildman–Crippen LogP) is 3.22. The molecule has 1 aromatic carbocycles. The second-order valence-electron chi connectivity index (χ2n) is 5.18. The van der Waals surface area contributed by atoms with E-state index in [4.69, 9.17) is 0 Å². The molecular weight excluding hydrogens is 245 g/mol. The molecule has 19 heavy (non-hydrogen) atoms. The molecular formula is C15H20FNO2. The molecule has 2 unspecified atom stereocenters. The summed E-state index contributed by atoms with van der Waals surface area (Å²) in [6.45, 7) is 4.48. The zero-order chi connectivity index (χ0) is 14.0. The first-order valence-electron chi connectivity index (χ1n) is 6.77. The lowest BCUT2D eigenvalue weighted by molar-refractivity contribution is -0.151. The first-order chi connectivity index (χ1) is 9.03. The molecule has 4 heteroatoms. The summed E-state index contributed by atoms with van der Waals surface area (Å²) in [6.07, 6.45) is 2.03. The molecule has 0 aliphatic carbocycles. The van der Waals surface area contributed by atoms with Gasteiger partial charge in [-0.2, -0.15) is 0 Å². The number of likely N-dealkylation sites (tertiary alicyclic amines) is 1. The zero-order valence-corrected chi connectivity index (χ0v) is 11.4. The van der Waals surface area contributed by atoms with Crippen molar-refractivity contribution in [1.82, 2.24) is 4.90 Å². The Labute approximate surface area is 113 Å². The van der Waals surface area contributed by atoms with Crippen LogP contribution in [-0.2, 0) is 4.79 Å². The molecule has 104 valence electrons. The van der Waals surface area contributed by atoms with E-state index in [1.54, 1.807) is 18.2 Å². The number of rotatable bonds is 4. The molecule has 1 aliphatic rings. The van der Waals surface area contributed by atoms with Gasteiger partial charge in [-0.1, -0.05) is 25.1 Å². The maximum Gasteiger partial charge on any atom is 0.324 e. The van der Waals surface area contributed by atoms with Gasteiger partial charge < -0.3 is 5.11 Å². The number of carboxylic acid groups (broad SMARTS) is 1. The van der Waals surface area contributed by atoms with E-state index in [0.717, 1.165) is 6.42 Å². The summed E-state index contributed by atoms with van der Waals surface area (Å²) in [5.41, 5.74) is -0.273. The smallest absolute Gasteiger partial charge is 0.324 e. The first-order valence-corrected chi connectivity index (χ1v) is 6.77. The summed E-state index contributed by atoms with van der Waals surface area (Å²) in [4.78, 5) is 13.6. The molecule has 1 N–H and O–H groups in total. The van der Waals surface area contributed by atoms with Crippen LogP contribution in [0.4, 0.5) is 4.39 Å². The monoisotopic (exact) mass is 265 g/mol. The highest BCUT2D eigenvalue weighted by Crippen LogP contribution is 2.39. The van der Waals surface area contributed by atoms with Gasteiger partial charge in [-0.15, -0.1) is 0 Å². The van der Waals surface area contributed by atoms with Gasteiger partial charge in [0, 0.05) is 11.6 Å². The van der Waals surface area contributed by atoms with E-state index >= 15 is 0 Å². The van der Waals surface area contributed by atoms with Crippen LogP contribution in [0, 0.1) is 5.82 Å². The third-order valence-electron chi connectivity index (χ3n) is 4.34. The van der Waals surface area contributed by atoms with Gasteiger partial charge in [0.15, 0.2) is 0 Å². The average Bonchev–Trinajstić information content (AvgIpc) is 2.83. The normalized spacial score (nSPS) is 25.4. The molecule has 1 fully saturated rings. The van der Waals surface area contributed by atoms with Crippen molar-refractivity contribution in [2.24, 2.45) is 0 Å². The topological polar surface area (TPSA) is 40.5 Å². The van der Waals surface area contributed by atoms with Crippen molar-refractivity contribution in [3.05, 3.63) is 35.6 Å². The Balaban J connectivity index is 2.35. The van der Waals surface area contributed by atoms with Gasteiger partial charge in [-0.25, -0.2) is 4.39 Å². The van der Waals surface area contributed by atoms with Gasteiger partial charge in [-0.3, -0.25) is 9.69 Å². The van der Waals surface area contributed by atoms with Crippen LogP contribution in [0.2, 0.25) is 0 Å². The molecule has 2 rings (SSSR count). The van der Waals surface area contributed by atoms with Crippen LogP contribution in [0.15, 0.2) is 24.3 Å². The van der Waals surface area contributed by atoms with Gasteiger partial charge in [0.25, 0.3) is 0 Å². The number of benzene rings is 1. The number of carboxylic acids is 1. The highest BCUT2D eigenvalue weighted by molar-refractivity contribution is 5.79. The molecule has 3 nitrogen and oxygen atoms in total. The summed E-state index contributed by atoms with van der Waals surface area (Å²) in [5, 5.41) is 9.56. The molecule has 0 aromatic heterocycles. The van der Waals surface area contributed by atoms with Crippen LogP contribution < -0.4 is 0 Å². The summed E-state index contributed by atoms with van der Waals surface area (Å²) < 4.78 is 13.9. The number of hydrogen-bond donors (Lipinski definition) is 1. The molecule has 0 bridgehead atoms. The van der Waals surface area contributed by atoms with Crippen molar-refractivity contribution >= 4 is 5.97 Å².